The van der Waals surface area contributed by atoms with E-state index in [1.54, 1.807) is 6.92 Å². The van der Waals surface area contributed by atoms with Gasteiger partial charge in [-0.15, -0.1) is 24.0 Å². The van der Waals surface area contributed by atoms with Crippen LogP contribution >= 0.6 is 24.0 Å². The second kappa shape index (κ2) is 14.8. The number of nitrogens with zero attached hydrogens (tertiary/aromatic N) is 1. The third-order valence-corrected chi connectivity index (χ3v) is 5.37. The molecular weight excluding hydrogens is 503 g/mol. The predicted molar refractivity (Wildman–Crippen MR) is 132 cm³/mol. The summed E-state index contributed by atoms with van der Waals surface area (Å²) in [5.74, 6) is 2.18. The number of ether oxygens (including phenoxy) is 1. The molecule has 0 spiro atoms. The number of rotatable bonds is 12. The molecule has 0 saturated heterocycles. The molecule has 0 saturated carbocycles. The van der Waals surface area contributed by atoms with Crippen LogP contribution in [0.15, 0.2) is 29.3 Å². The van der Waals surface area contributed by atoms with Crippen LogP contribution in [0.2, 0.25) is 0 Å². The van der Waals surface area contributed by atoms with Crippen molar-refractivity contribution in [3.05, 3.63) is 29.8 Å². The minimum Gasteiger partial charge on any atom is -0.493 e. The SMILES string of the molecule is CCNC(=NCCCNS(=O)(=O)CC)NC(C)c1ccc(OCC(C)C)cc1.I. The lowest BCUT2D eigenvalue weighted by Crippen LogP contribution is -2.39. The Morgan fingerprint density at radius 1 is 1.14 bits per heavy atom. The zero-order valence-electron chi connectivity index (χ0n) is 18.2. The number of hydrogen-bond donors (Lipinski definition) is 3. The summed E-state index contributed by atoms with van der Waals surface area (Å²) in [6.45, 7) is 12.4. The van der Waals surface area contributed by atoms with Gasteiger partial charge in [0, 0.05) is 19.6 Å². The molecule has 1 aromatic carbocycles. The van der Waals surface area contributed by atoms with E-state index in [1.165, 1.54) is 0 Å². The number of sulfonamides is 1. The smallest absolute Gasteiger partial charge is 0.211 e. The first-order valence-electron chi connectivity index (χ1n) is 10.0. The van der Waals surface area contributed by atoms with Crippen molar-refractivity contribution in [1.29, 1.82) is 0 Å². The van der Waals surface area contributed by atoms with E-state index in [0.717, 1.165) is 17.9 Å². The van der Waals surface area contributed by atoms with E-state index in [0.29, 0.717) is 38.0 Å². The number of guanidine groups is 1. The van der Waals surface area contributed by atoms with Crippen LogP contribution in [0.4, 0.5) is 0 Å². The van der Waals surface area contributed by atoms with Crippen molar-refractivity contribution in [2.24, 2.45) is 10.9 Å². The van der Waals surface area contributed by atoms with E-state index < -0.39 is 10.0 Å². The lowest BCUT2D eigenvalue weighted by atomic mass is 10.1. The van der Waals surface area contributed by atoms with Gasteiger partial charge in [-0.3, -0.25) is 4.99 Å². The minimum absolute atomic E-state index is 0. The van der Waals surface area contributed by atoms with Gasteiger partial charge >= 0.3 is 0 Å². The van der Waals surface area contributed by atoms with Crippen molar-refractivity contribution in [3.8, 4) is 5.75 Å². The maximum absolute atomic E-state index is 11.4. The van der Waals surface area contributed by atoms with Crippen molar-refractivity contribution in [2.75, 3.05) is 32.0 Å². The second-order valence-electron chi connectivity index (χ2n) is 7.05. The van der Waals surface area contributed by atoms with Gasteiger partial charge in [0.2, 0.25) is 10.0 Å². The summed E-state index contributed by atoms with van der Waals surface area (Å²) in [6, 6.07) is 8.16. The molecule has 1 unspecified atom stereocenters. The van der Waals surface area contributed by atoms with E-state index >= 15 is 0 Å². The van der Waals surface area contributed by atoms with Crippen LogP contribution in [0.1, 0.15) is 52.6 Å². The summed E-state index contributed by atoms with van der Waals surface area (Å²) in [4.78, 5) is 4.53. The van der Waals surface area contributed by atoms with Crippen molar-refractivity contribution in [2.45, 2.75) is 47.1 Å². The monoisotopic (exact) mass is 540 g/mol. The molecule has 0 heterocycles. The fraction of sp³-hybridized carbons (Fsp3) is 0.650. The summed E-state index contributed by atoms with van der Waals surface area (Å²) in [6.07, 6.45) is 0.645. The standard InChI is InChI=1S/C20H36N4O3S.HI/c1-6-21-20(22-13-8-14-23-28(25,26)7-2)24-17(5)18-9-11-19(12-10-18)27-15-16(3)4;/h9-12,16-17,23H,6-8,13-15H2,1-5H3,(H2,21,22,24);1H. The van der Waals surface area contributed by atoms with Crippen LogP contribution in [0.25, 0.3) is 0 Å². The van der Waals surface area contributed by atoms with Crippen LogP contribution in [0, 0.1) is 5.92 Å². The molecule has 29 heavy (non-hydrogen) atoms. The van der Waals surface area contributed by atoms with Crippen LogP contribution < -0.4 is 20.1 Å². The second-order valence-corrected chi connectivity index (χ2v) is 9.15. The highest BCUT2D eigenvalue weighted by Crippen LogP contribution is 2.18. The maximum atomic E-state index is 11.4. The maximum Gasteiger partial charge on any atom is 0.211 e. The van der Waals surface area contributed by atoms with Gasteiger partial charge in [0.1, 0.15) is 5.75 Å². The fourth-order valence-electron chi connectivity index (χ4n) is 2.32. The summed E-state index contributed by atoms with van der Waals surface area (Å²) in [7, 11) is -3.14. The first-order chi connectivity index (χ1) is 13.3. The Morgan fingerprint density at radius 3 is 2.34 bits per heavy atom. The van der Waals surface area contributed by atoms with Gasteiger partial charge in [-0.25, -0.2) is 13.1 Å². The molecule has 0 aliphatic rings. The largest absolute Gasteiger partial charge is 0.493 e. The predicted octanol–water partition coefficient (Wildman–Crippen LogP) is 3.28. The third-order valence-electron chi connectivity index (χ3n) is 3.97. The lowest BCUT2D eigenvalue weighted by molar-refractivity contribution is 0.271. The molecule has 0 aliphatic heterocycles. The Kier molecular flexibility index (Phi) is 14.3. The molecule has 168 valence electrons. The van der Waals surface area contributed by atoms with Crippen molar-refractivity contribution < 1.29 is 13.2 Å². The molecule has 1 atom stereocenters. The first kappa shape index (κ1) is 27.9. The summed E-state index contributed by atoms with van der Waals surface area (Å²) >= 11 is 0. The Labute approximate surface area is 193 Å². The topological polar surface area (TPSA) is 91.8 Å². The molecule has 3 N–H and O–H groups in total. The molecule has 0 aliphatic carbocycles. The van der Waals surface area contributed by atoms with Gasteiger partial charge in [-0.1, -0.05) is 26.0 Å². The quantitative estimate of drug-likeness (QED) is 0.164. The van der Waals surface area contributed by atoms with Gasteiger partial charge < -0.3 is 15.4 Å². The molecular formula is C20H37IN4O3S. The van der Waals surface area contributed by atoms with Crippen molar-refractivity contribution in [1.82, 2.24) is 15.4 Å². The minimum atomic E-state index is -3.14. The van der Waals surface area contributed by atoms with Crippen LogP contribution in [0.5, 0.6) is 5.75 Å². The Hall–Kier alpha value is -1.07. The van der Waals surface area contributed by atoms with Gasteiger partial charge in [-0.2, -0.15) is 0 Å². The average molecular weight is 541 g/mol. The molecule has 0 amide bonds. The van der Waals surface area contributed by atoms with Crippen molar-refractivity contribution in [3.63, 3.8) is 0 Å². The van der Waals surface area contributed by atoms with Gasteiger partial charge in [0.25, 0.3) is 0 Å². The summed E-state index contributed by atoms with van der Waals surface area (Å²) in [5, 5.41) is 6.60. The molecule has 0 aromatic heterocycles. The van der Waals surface area contributed by atoms with E-state index in [-0.39, 0.29) is 35.8 Å². The number of hydrogen-bond acceptors (Lipinski definition) is 4. The Morgan fingerprint density at radius 2 is 1.79 bits per heavy atom. The summed E-state index contributed by atoms with van der Waals surface area (Å²) < 4.78 is 31.1. The van der Waals surface area contributed by atoms with Crippen LogP contribution in [-0.2, 0) is 10.0 Å². The number of nitrogens with one attached hydrogen (secondary N) is 3. The van der Waals surface area contributed by atoms with Crippen molar-refractivity contribution >= 4 is 40.0 Å². The molecule has 1 aromatic rings. The molecule has 1 rings (SSSR count). The number of benzene rings is 1. The molecule has 0 bridgehead atoms. The molecule has 9 heteroatoms. The Balaban J connectivity index is 0.00000784. The highest BCUT2D eigenvalue weighted by atomic mass is 127. The van der Waals surface area contributed by atoms with E-state index in [9.17, 15) is 8.42 Å². The third kappa shape index (κ3) is 12.3. The van der Waals surface area contributed by atoms with Gasteiger partial charge in [0.05, 0.1) is 18.4 Å². The van der Waals surface area contributed by atoms with Gasteiger partial charge in [0.15, 0.2) is 5.96 Å². The number of aliphatic imine (C=N–C) groups is 1. The first-order valence-corrected chi connectivity index (χ1v) is 11.7. The fourth-order valence-corrected chi connectivity index (χ4v) is 2.98. The lowest BCUT2D eigenvalue weighted by Gasteiger charge is -2.19. The molecule has 0 fully saturated rings. The highest BCUT2D eigenvalue weighted by Gasteiger charge is 2.09. The van der Waals surface area contributed by atoms with E-state index in [4.69, 9.17) is 4.74 Å². The molecule has 0 radical (unpaired) electrons. The normalized spacial score (nSPS) is 13.0. The average Bonchev–Trinajstić information content (AvgIpc) is 2.66. The highest BCUT2D eigenvalue weighted by molar-refractivity contribution is 14.0. The van der Waals surface area contributed by atoms with Crippen LogP contribution in [0.3, 0.4) is 0 Å². The van der Waals surface area contributed by atoms with Crippen LogP contribution in [-0.4, -0.2) is 46.4 Å². The zero-order chi connectivity index (χ0) is 21.0. The zero-order valence-corrected chi connectivity index (χ0v) is 21.3. The van der Waals surface area contributed by atoms with E-state index in [2.05, 4.69) is 53.3 Å². The van der Waals surface area contributed by atoms with E-state index in [1.807, 2.05) is 19.1 Å². The number of halogens is 1. The Bertz CT molecular complexity index is 694. The summed E-state index contributed by atoms with van der Waals surface area (Å²) in [5.41, 5.74) is 1.14. The van der Waals surface area contributed by atoms with Gasteiger partial charge in [-0.05, 0) is 50.8 Å². The molecule has 7 nitrogen and oxygen atoms in total.